The maximum Gasteiger partial charge on any atom is 0.237 e. The predicted molar refractivity (Wildman–Crippen MR) is 146 cm³/mol. The summed E-state index contributed by atoms with van der Waals surface area (Å²) in [7, 11) is 0. The van der Waals surface area contributed by atoms with Crippen LogP contribution in [0.15, 0.2) is 90.0 Å². The number of hydrogen-bond acceptors (Lipinski definition) is 5. The highest BCUT2D eigenvalue weighted by atomic mass is 32.2. The lowest BCUT2D eigenvalue weighted by Gasteiger charge is -2.16. The number of carbonyl (C=O) groups is 1. The molecule has 180 valence electrons. The zero-order valence-electron chi connectivity index (χ0n) is 20.5. The van der Waals surface area contributed by atoms with Crippen molar-refractivity contribution in [3.05, 3.63) is 96.1 Å². The van der Waals surface area contributed by atoms with Gasteiger partial charge in [-0.1, -0.05) is 60.3 Å². The fourth-order valence-corrected chi connectivity index (χ4v) is 4.69. The molecule has 0 aliphatic rings. The molecule has 0 aliphatic carbocycles. The van der Waals surface area contributed by atoms with Gasteiger partial charge in [-0.3, -0.25) is 4.79 Å². The number of ether oxygens (including phenoxy) is 1. The minimum absolute atomic E-state index is 0.146. The fourth-order valence-electron chi connectivity index (χ4n) is 3.77. The van der Waals surface area contributed by atoms with Crippen molar-refractivity contribution in [2.24, 2.45) is 0 Å². The van der Waals surface area contributed by atoms with Crippen molar-refractivity contribution in [1.82, 2.24) is 4.98 Å². The maximum atomic E-state index is 13.0. The molecule has 0 radical (unpaired) electrons. The molecule has 0 saturated heterocycles. The van der Waals surface area contributed by atoms with E-state index in [4.69, 9.17) is 9.72 Å². The third kappa shape index (κ3) is 5.76. The second kappa shape index (κ2) is 11.6. The number of carbonyl (C=O) groups excluding carboxylic acids is 1. The molecule has 1 aromatic heterocycles. The summed E-state index contributed by atoms with van der Waals surface area (Å²) in [6.45, 7) is 6.32. The molecule has 1 amide bonds. The van der Waals surface area contributed by atoms with Crippen molar-refractivity contribution in [3.8, 4) is 34.2 Å². The van der Waals surface area contributed by atoms with E-state index in [0.29, 0.717) is 17.2 Å². The Morgan fingerprint density at radius 1 is 1.03 bits per heavy atom. The number of para-hydroxylation sites is 1. The first-order valence-corrected chi connectivity index (χ1v) is 12.6. The van der Waals surface area contributed by atoms with Crippen LogP contribution in [-0.2, 0) is 4.79 Å². The zero-order chi connectivity index (χ0) is 25.5. The van der Waals surface area contributed by atoms with Gasteiger partial charge in [-0.15, -0.1) is 0 Å². The molecule has 1 unspecified atom stereocenters. The third-order valence-corrected chi connectivity index (χ3v) is 6.79. The van der Waals surface area contributed by atoms with E-state index in [1.54, 1.807) is 0 Å². The molecular formula is C30H27N3O2S. The Bertz CT molecular complexity index is 1400. The summed E-state index contributed by atoms with van der Waals surface area (Å²) in [4.78, 5) is 17.9. The smallest absolute Gasteiger partial charge is 0.237 e. The van der Waals surface area contributed by atoms with Gasteiger partial charge in [0.25, 0.3) is 0 Å². The van der Waals surface area contributed by atoms with E-state index in [0.717, 1.165) is 39.4 Å². The number of rotatable bonds is 8. The van der Waals surface area contributed by atoms with Crippen molar-refractivity contribution >= 4 is 23.4 Å². The van der Waals surface area contributed by atoms with Gasteiger partial charge in [0.05, 0.1) is 23.1 Å². The van der Waals surface area contributed by atoms with Gasteiger partial charge in [0.15, 0.2) is 0 Å². The summed E-state index contributed by atoms with van der Waals surface area (Å²) in [6, 6.07) is 29.4. The van der Waals surface area contributed by atoms with Crippen LogP contribution in [0.5, 0.6) is 5.75 Å². The normalized spacial score (nSPS) is 11.4. The van der Waals surface area contributed by atoms with E-state index in [2.05, 4.69) is 11.4 Å². The Morgan fingerprint density at radius 2 is 1.72 bits per heavy atom. The van der Waals surface area contributed by atoms with Gasteiger partial charge >= 0.3 is 0 Å². The molecule has 0 fully saturated rings. The Hall–Kier alpha value is -4.08. The highest BCUT2D eigenvalue weighted by molar-refractivity contribution is 8.00. The molecule has 5 nitrogen and oxygen atoms in total. The van der Waals surface area contributed by atoms with E-state index in [9.17, 15) is 10.1 Å². The second-order valence-corrected chi connectivity index (χ2v) is 9.56. The average Bonchev–Trinajstić information content (AvgIpc) is 2.90. The molecule has 1 N–H and O–H groups in total. The lowest BCUT2D eigenvalue weighted by molar-refractivity contribution is -0.115. The summed E-state index contributed by atoms with van der Waals surface area (Å²) in [5.74, 6) is 0.641. The number of aryl methyl sites for hydroxylation is 1. The quantitative estimate of drug-likeness (QED) is 0.265. The van der Waals surface area contributed by atoms with Crippen molar-refractivity contribution in [3.63, 3.8) is 0 Å². The second-order valence-electron chi connectivity index (χ2n) is 8.23. The molecule has 6 heteroatoms. The van der Waals surface area contributed by atoms with Crippen LogP contribution in [0.2, 0.25) is 0 Å². The highest BCUT2D eigenvalue weighted by Gasteiger charge is 2.22. The van der Waals surface area contributed by atoms with Crippen LogP contribution < -0.4 is 10.1 Å². The van der Waals surface area contributed by atoms with E-state index in [-0.39, 0.29) is 5.91 Å². The average molecular weight is 494 g/mol. The summed E-state index contributed by atoms with van der Waals surface area (Å²) in [5, 5.41) is 13.2. The summed E-state index contributed by atoms with van der Waals surface area (Å²) >= 11 is 1.29. The van der Waals surface area contributed by atoms with E-state index in [1.807, 2.05) is 106 Å². The zero-order valence-corrected chi connectivity index (χ0v) is 21.3. The lowest BCUT2D eigenvalue weighted by atomic mass is 9.99. The Labute approximate surface area is 216 Å². The Balaban J connectivity index is 1.72. The maximum absolute atomic E-state index is 13.0. The number of benzene rings is 3. The molecular weight excluding hydrogens is 466 g/mol. The number of nitrogens with one attached hydrogen (secondary N) is 1. The van der Waals surface area contributed by atoms with Crippen molar-refractivity contribution in [2.45, 2.75) is 31.0 Å². The van der Waals surface area contributed by atoms with Crippen molar-refractivity contribution in [2.75, 3.05) is 11.9 Å². The molecule has 1 atom stereocenters. The topological polar surface area (TPSA) is 75.0 Å². The lowest BCUT2D eigenvalue weighted by Crippen LogP contribution is -2.23. The predicted octanol–water partition coefficient (Wildman–Crippen LogP) is 7.11. The van der Waals surface area contributed by atoms with Crippen LogP contribution >= 0.6 is 11.8 Å². The number of aromatic nitrogens is 1. The monoisotopic (exact) mass is 493 g/mol. The van der Waals surface area contributed by atoms with Crippen LogP contribution in [0.25, 0.3) is 22.4 Å². The summed E-state index contributed by atoms with van der Waals surface area (Å²) in [5.41, 5.74) is 5.55. The van der Waals surface area contributed by atoms with Gasteiger partial charge in [-0.25, -0.2) is 4.98 Å². The first-order valence-electron chi connectivity index (χ1n) is 11.8. The minimum Gasteiger partial charge on any atom is -0.494 e. The molecule has 0 saturated carbocycles. The number of thioether (sulfide) groups is 1. The van der Waals surface area contributed by atoms with Gasteiger partial charge in [0.2, 0.25) is 5.91 Å². The molecule has 0 bridgehead atoms. The summed E-state index contributed by atoms with van der Waals surface area (Å²) in [6.07, 6.45) is 0. The fraction of sp³-hybridized carbons (Fsp3) is 0.167. The molecule has 4 rings (SSSR count). The Kier molecular flexibility index (Phi) is 8.04. The SMILES string of the molecule is CCOc1ccc(-c2cc(-c3ccccc3)c(C#N)c(SC(C)C(=O)Nc3ccccc3C)n2)cc1. The highest BCUT2D eigenvalue weighted by Crippen LogP contribution is 2.36. The molecule has 0 spiro atoms. The largest absolute Gasteiger partial charge is 0.494 e. The van der Waals surface area contributed by atoms with Crippen molar-refractivity contribution in [1.29, 1.82) is 5.26 Å². The van der Waals surface area contributed by atoms with Crippen LogP contribution in [0.4, 0.5) is 5.69 Å². The van der Waals surface area contributed by atoms with Crippen LogP contribution in [0.3, 0.4) is 0 Å². The molecule has 4 aromatic rings. The first-order chi connectivity index (χ1) is 17.5. The molecule has 0 aliphatic heterocycles. The van der Waals surface area contributed by atoms with E-state index < -0.39 is 5.25 Å². The third-order valence-electron chi connectivity index (χ3n) is 5.70. The molecule has 36 heavy (non-hydrogen) atoms. The number of nitrogens with zero attached hydrogens (tertiary/aromatic N) is 2. The van der Waals surface area contributed by atoms with Gasteiger partial charge in [-0.2, -0.15) is 5.26 Å². The number of pyridine rings is 1. The standard InChI is InChI=1S/C30H27N3O2S/c1-4-35-24-16-14-23(15-17-24)28-18-25(22-11-6-5-7-12-22)26(19-31)30(33-28)36-21(3)29(34)32-27-13-9-8-10-20(27)2/h5-18,21H,4H2,1-3H3,(H,32,34). The van der Waals surface area contributed by atoms with Crippen molar-refractivity contribution < 1.29 is 9.53 Å². The molecule has 1 heterocycles. The number of nitriles is 1. The van der Waals surface area contributed by atoms with Crippen LogP contribution in [0.1, 0.15) is 25.0 Å². The van der Waals surface area contributed by atoms with Crippen LogP contribution in [0, 0.1) is 18.3 Å². The van der Waals surface area contributed by atoms with Gasteiger partial charge in [-0.05, 0) is 68.3 Å². The number of hydrogen-bond donors (Lipinski definition) is 1. The Morgan fingerprint density at radius 3 is 2.39 bits per heavy atom. The summed E-state index contributed by atoms with van der Waals surface area (Å²) < 4.78 is 5.57. The van der Waals surface area contributed by atoms with Gasteiger partial charge < -0.3 is 10.1 Å². The van der Waals surface area contributed by atoms with E-state index in [1.165, 1.54) is 11.8 Å². The number of amides is 1. The van der Waals surface area contributed by atoms with E-state index >= 15 is 0 Å². The number of anilines is 1. The first kappa shape index (κ1) is 25.0. The molecule has 3 aromatic carbocycles. The minimum atomic E-state index is -0.469. The van der Waals surface area contributed by atoms with Gasteiger partial charge in [0, 0.05) is 16.8 Å². The van der Waals surface area contributed by atoms with Crippen LogP contribution in [-0.4, -0.2) is 22.7 Å². The van der Waals surface area contributed by atoms with Gasteiger partial charge in [0.1, 0.15) is 16.8 Å².